The van der Waals surface area contributed by atoms with Gasteiger partial charge in [-0.25, -0.2) is 0 Å². The van der Waals surface area contributed by atoms with Gasteiger partial charge in [-0.15, -0.1) is 0 Å². The summed E-state index contributed by atoms with van der Waals surface area (Å²) in [6.45, 7) is 3.79. The predicted octanol–water partition coefficient (Wildman–Crippen LogP) is 0.0823. The molecule has 1 heterocycles. The molecule has 5 nitrogen and oxygen atoms in total. The summed E-state index contributed by atoms with van der Waals surface area (Å²) in [4.78, 5) is 2.18. The van der Waals surface area contributed by atoms with Gasteiger partial charge in [0, 0.05) is 37.9 Å². The summed E-state index contributed by atoms with van der Waals surface area (Å²) < 4.78 is 0. The third-order valence-electron chi connectivity index (χ3n) is 2.44. The fourth-order valence-corrected chi connectivity index (χ4v) is 1.63. The van der Waals surface area contributed by atoms with Crippen LogP contribution in [0, 0.1) is 0 Å². The van der Waals surface area contributed by atoms with Gasteiger partial charge in [-0.3, -0.25) is 0 Å². The van der Waals surface area contributed by atoms with Crippen molar-refractivity contribution in [3.63, 3.8) is 0 Å². The first-order valence-electron chi connectivity index (χ1n) is 5.33. The number of nitrogens with two attached hydrogens (primary N) is 1. The molecule has 5 heteroatoms. The van der Waals surface area contributed by atoms with Gasteiger partial charge in [0.1, 0.15) is 0 Å². The Hall–Kier alpha value is -1.46. The molecule has 0 aliphatic carbocycles. The second kappa shape index (κ2) is 6.19. The number of rotatable bonds is 1. The molecule has 0 amide bonds. The molecule has 1 aliphatic rings. The van der Waals surface area contributed by atoms with E-state index in [-0.39, 0.29) is 11.5 Å². The van der Waals surface area contributed by atoms with Gasteiger partial charge in [0.2, 0.25) is 0 Å². The first-order chi connectivity index (χ1) is 7.77. The highest BCUT2D eigenvalue weighted by atomic mass is 16.3. The summed E-state index contributed by atoms with van der Waals surface area (Å²) in [5.41, 5.74) is 5.46. The minimum absolute atomic E-state index is 0.0546. The average molecular weight is 225 g/mol. The number of phenols is 2. The lowest BCUT2D eigenvalue weighted by Crippen LogP contribution is -2.43. The Labute approximate surface area is 95.5 Å². The zero-order valence-electron chi connectivity index (χ0n) is 9.48. The lowest BCUT2D eigenvalue weighted by Gasteiger charge is -2.29. The molecular weight excluding hydrogens is 206 g/mol. The standard InChI is InChI=1S/C10H14N2O2.CH5N/c13-9-2-1-8(7-10(9)14)12-5-3-11-4-6-12;1-2/h1-2,7,11,13-14H,3-6H2;2H2,1H3. The molecule has 0 saturated carbocycles. The van der Waals surface area contributed by atoms with Crippen LogP contribution >= 0.6 is 0 Å². The van der Waals surface area contributed by atoms with Gasteiger partial charge in [0.15, 0.2) is 11.5 Å². The van der Waals surface area contributed by atoms with Crippen LogP contribution in [0.1, 0.15) is 0 Å². The van der Waals surface area contributed by atoms with Crippen molar-refractivity contribution in [2.75, 3.05) is 38.1 Å². The first kappa shape index (κ1) is 12.6. The second-order valence-electron chi connectivity index (χ2n) is 3.41. The molecule has 1 aliphatic heterocycles. The van der Waals surface area contributed by atoms with E-state index >= 15 is 0 Å². The topological polar surface area (TPSA) is 81.8 Å². The van der Waals surface area contributed by atoms with E-state index in [2.05, 4.69) is 16.0 Å². The van der Waals surface area contributed by atoms with Gasteiger partial charge in [0.25, 0.3) is 0 Å². The molecule has 2 rings (SSSR count). The molecule has 0 spiro atoms. The number of phenolic OH excluding ortho intramolecular Hbond substituents is 2. The number of anilines is 1. The van der Waals surface area contributed by atoms with Crippen LogP contribution in [0.25, 0.3) is 0 Å². The summed E-state index contributed by atoms with van der Waals surface area (Å²) in [7, 11) is 1.50. The Bertz CT molecular complexity index is 325. The van der Waals surface area contributed by atoms with Gasteiger partial charge in [-0.05, 0) is 19.2 Å². The third kappa shape index (κ3) is 3.01. The van der Waals surface area contributed by atoms with E-state index in [0.717, 1.165) is 31.9 Å². The second-order valence-corrected chi connectivity index (χ2v) is 3.41. The molecule has 1 aromatic rings. The highest BCUT2D eigenvalue weighted by molar-refractivity contribution is 5.55. The van der Waals surface area contributed by atoms with Gasteiger partial charge in [-0.1, -0.05) is 0 Å². The molecular formula is C11H19N3O2. The number of hydrogen-bond donors (Lipinski definition) is 4. The SMILES string of the molecule is CN.Oc1ccc(N2CCNCC2)cc1O. The van der Waals surface area contributed by atoms with Crippen molar-refractivity contribution in [1.29, 1.82) is 0 Å². The number of aromatic hydroxyl groups is 2. The predicted molar refractivity (Wildman–Crippen MR) is 65.0 cm³/mol. The number of hydrogen-bond acceptors (Lipinski definition) is 5. The number of piperazine rings is 1. The summed E-state index contributed by atoms with van der Waals surface area (Å²) in [6, 6.07) is 4.94. The van der Waals surface area contributed by atoms with Crippen LogP contribution in [0.2, 0.25) is 0 Å². The monoisotopic (exact) mass is 225 g/mol. The Morgan fingerprint density at radius 1 is 1.12 bits per heavy atom. The molecule has 0 bridgehead atoms. The van der Waals surface area contributed by atoms with E-state index in [1.54, 1.807) is 6.07 Å². The molecule has 0 aromatic heterocycles. The van der Waals surface area contributed by atoms with Crippen LogP contribution in [-0.4, -0.2) is 43.4 Å². The third-order valence-corrected chi connectivity index (χ3v) is 2.44. The minimum Gasteiger partial charge on any atom is -0.504 e. The van der Waals surface area contributed by atoms with E-state index in [4.69, 9.17) is 5.11 Å². The smallest absolute Gasteiger partial charge is 0.159 e. The summed E-state index contributed by atoms with van der Waals surface area (Å²) in [6.07, 6.45) is 0. The van der Waals surface area contributed by atoms with Crippen LogP contribution in [0.3, 0.4) is 0 Å². The van der Waals surface area contributed by atoms with Crippen molar-refractivity contribution < 1.29 is 10.2 Å². The van der Waals surface area contributed by atoms with Gasteiger partial charge in [0.05, 0.1) is 0 Å². The van der Waals surface area contributed by atoms with Crippen molar-refractivity contribution in [1.82, 2.24) is 5.32 Å². The Morgan fingerprint density at radius 2 is 1.75 bits per heavy atom. The van der Waals surface area contributed by atoms with E-state index in [9.17, 15) is 5.11 Å². The molecule has 0 atom stereocenters. The number of nitrogens with one attached hydrogen (secondary N) is 1. The Balaban J connectivity index is 0.000000606. The Morgan fingerprint density at radius 3 is 2.31 bits per heavy atom. The zero-order valence-corrected chi connectivity index (χ0v) is 9.48. The molecule has 1 saturated heterocycles. The maximum Gasteiger partial charge on any atom is 0.159 e. The maximum absolute atomic E-state index is 9.34. The quantitative estimate of drug-likeness (QED) is 0.509. The lowest BCUT2D eigenvalue weighted by molar-refractivity contribution is 0.403. The van der Waals surface area contributed by atoms with Crippen LogP contribution in [0.5, 0.6) is 11.5 Å². The average Bonchev–Trinajstić information content (AvgIpc) is 2.36. The van der Waals surface area contributed by atoms with E-state index in [1.165, 1.54) is 13.1 Å². The largest absolute Gasteiger partial charge is 0.504 e. The van der Waals surface area contributed by atoms with Crippen LogP contribution in [0.4, 0.5) is 5.69 Å². The number of benzene rings is 1. The molecule has 1 fully saturated rings. The van der Waals surface area contributed by atoms with Crippen molar-refractivity contribution in [3.8, 4) is 11.5 Å². The summed E-state index contributed by atoms with van der Waals surface area (Å²) in [5, 5.41) is 21.8. The molecule has 5 N–H and O–H groups in total. The van der Waals surface area contributed by atoms with E-state index < -0.39 is 0 Å². The van der Waals surface area contributed by atoms with Crippen molar-refractivity contribution in [2.24, 2.45) is 5.73 Å². The fraction of sp³-hybridized carbons (Fsp3) is 0.455. The Kier molecular flexibility index (Phi) is 4.88. The zero-order chi connectivity index (χ0) is 12.0. The maximum atomic E-state index is 9.34. The summed E-state index contributed by atoms with van der Waals surface area (Å²) in [5.74, 6) is -0.120. The van der Waals surface area contributed by atoms with E-state index in [1.807, 2.05) is 6.07 Å². The number of nitrogens with zero attached hydrogens (tertiary/aromatic N) is 1. The highest BCUT2D eigenvalue weighted by Gasteiger charge is 2.11. The highest BCUT2D eigenvalue weighted by Crippen LogP contribution is 2.29. The van der Waals surface area contributed by atoms with Gasteiger partial charge < -0.3 is 26.2 Å². The van der Waals surface area contributed by atoms with Crippen molar-refractivity contribution in [2.45, 2.75) is 0 Å². The molecule has 0 unspecified atom stereocenters. The normalized spacial score (nSPS) is 15.2. The van der Waals surface area contributed by atoms with E-state index in [0.29, 0.717) is 0 Å². The lowest BCUT2D eigenvalue weighted by atomic mass is 10.2. The fourth-order valence-electron chi connectivity index (χ4n) is 1.63. The van der Waals surface area contributed by atoms with Crippen LogP contribution in [0.15, 0.2) is 18.2 Å². The van der Waals surface area contributed by atoms with Crippen LogP contribution in [-0.2, 0) is 0 Å². The van der Waals surface area contributed by atoms with Crippen LogP contribution < -0.4 is 16.0 Å². The molecule has 90 valence electrons. The minimum atomic E-state index is -0.0658. The molecule has 1 aromatic carbocycles. The molecule has 16 heavy (non-hydrogen) atoms. The van der Waals surface area contributed by atoms with Crippen molar-refractivity contribution in [3.05, 3.63) is 18.2 Å². The molecule has 0 radical (unpaired) electrons. The summed E-state index contributed by atoms with van der Waals surface area (Å²) >= 11 is 0. The van der Waals surface area contributed by atoms with Gasteiger partial charge >= 0.3 is 0 Å². The van der Waals surface area contributed by atoms with Gasteiger partial charge in [-0.2, -0.15) is 0 Å². The van der Waals surface area contributed by atoms with Crippen molar-refractivity contribution >= 4 is 5.69 Å². The first-order valence-corrected chi connectivity index (χ1v) is 5.33.